The van der Waals surface area contributed by atoms with Crippen molar-refractivity contribution >= 4 is 27.5 Å². The van der Waals surface area contributed by atoms with Gasteiger partial charge in [-0.2, -0.15) is 8.42 Å². The number of para-hydroxylation sites is 4. The molecule has 0 aliphatic rings. The van der Waals surface area contributed by atoms with E-state index in [0.717, 1.165) is 0 Å². The van der Waals surface area contributed by atoms with E-state index in [-0.39, 0.29) is 16.3 Å². The van der Waals surface area contributed by atoms with Crippen molar-refractivity contribution < 1.29 is 22.1 Å². The van der Waals surface area contributed by atoms with Crippen LogP contribution in [0.3, 0.4) is 0 Å². The Bertz CT molecular complexity index is 1330. The fourth-order valence-electron chi connectivity index (χ4n) is 2.91. The van der Waals surface area contributed by atoms with Gasteiger partial charge in [0.25, 0.3) is 0 Å². The van der Waals surface area contributed by atoms with E-state index in [1.54, 1.807) is 66.7 Å². The summed E-state index contributed by atoms with van der Waals surface area (Å²) < 4.78 is 36.6. The highest BCUT2D eigenvalue weighted by atomic mass is 32.2. The number of hydrogen-bond acceptors (Lipinski definition) is 5. The van der Waals surface area contributed by atoms with Crippen molar-refractivity contribution in [3.63, 3.8) is 0 Å². The molecular formula is C25H20N2O5S. The van der Waals surface area contributed by atoms with Gasteiger partial charge in [0.05, 0.1) is 5.69 Å². The summed E-state index contributed by atoms with van der Waals surface area (Å²) >= 11 is 0. The van der Waals surface area contributed by atoms with E-state index in [2.05, 4.69) is 10.6 Å². The molecule has 0 aliphatic carbocycles. The number of nitrogens with one attached hydrogen (secondary N) is 2. The van der Waals surface area contributed by atoms with E-state index in [9.17, 15) is 13.2 Å². The van der Waals surface area contributed by atoms with Crippen molar-refractivity contribution in [1.29, 1.82) is 0 Å². The van der Waals surface area contributed by atoms with E-state index < -0.39 is 16.1 Å². The zero-order valence-corrected chi connectivity index (χ0v) is 18.2. The Morgan fingerprint density at radius 2 is 1.21 bits per heavy atom. The average molecular weight is 461 g/mol. The first-order chi connectivity index (χ1) is 16.0. The number of amides is 2. The minimum atomic E-state index is -4.15. The number of anilines is 2. The molecule has 7 nitrogen and oxygen atoms in total. The predicted octanol–water partition coefficient (Wildman–Crippen LogP) is 5.89. The number of hydrogen-bond donors (Lipinski definition) is 2. The standard InChI is InChI=1S/C25H20N2O5S/c28-25(26-19-9-3-1-4-10-19)27-23-13-7-8-14-24(23)32-33(29,30)22-17-15-21(16-18-22)31-20-11-5-2-6-12-20/h1-18H,(H2,26,27,28). The van der Waals surface area contributed by atoms with Gasteiger partial charge in [-0.15, -0.1) is 0 Å². The van der Waals surface area contributed by atoms with Crippen molar-refractivity contribution in [3.8, 4) is 17.2 Å². The van der Waals surface area contributed by atoms with Crippen molar-refractivity contribution in [2.75, 3.05) is 10.6 Å². The third-order valence-electron chi connectivity index (χ3n) is 4.46. The highest BCUT2D eigenvalue weighted by Crippen LogP contribution is 2.29. The molecule has 166 valence electrons. The summed E-state index contributed by atoms with van der Waals surface area (Å²) in [6.07, 6.45) is 0. The fourth-order valence-corrected chi connectivity index (χ4v) is 3.86. The number of rotatable bonds is 7. The first kappa shape index (κ1) is 21.9. The van der Waals surface area contributed by atoms with E-state index in [1.807, 2.05) is 24.3 Å². The van der Waals surface area contributed by atoms with E-state index in [4.69, 9.17) is 8.92 Å². The lowest BCUT2D eigenvalue weighted by Crippen LogP contribution is -2.20. The van der Waals surface area contributed by atoms with Crippen molar-refractivity contribution in [2.24, 2.45) is 0 Å². The Kier molecular flexibility index (Phi) is 6.56. The molecule has 2 N–H and O–H groups in total. The second-order valence-electron chi connectivity index (χ2n) is 6.87. The number of ether oxygens (including phenoxy) is 1. The largest absolute Gasteiger partial charge is 0.457 e. The van der Waals surface area contributed by atoms with E-state index >= 15 is 0 Å². The van der Waals surface area contributed by atoms with Crippen molar-refractivity contribution in [1.82, 2.24) is 0 Å². The van der Waals surface area contributed by atoms with Crippen LogP contribution in [0.15, 0.2) is 114 Å². The third-order valence-corrected chi connectivity index (χ3v) is 5.71. The molecule has 0 aliphatic heterocycles. The van der Waals surface area contributed by atoms with Crippen LogP contribution in [0.4, 0.5) is 16.2 Å². The quantitative estimate of drug-likeness (QED) is 0.335. The molecule has 4 rings (SSSR count). The van der Waals surface area contributed by atoms with Gasteiger partial charge in [-0.1, -0.05) is 48.5 Å². The normalized spacial score (nSPS) is 10.8. The zero-order chi connectivity index (χ0) is 23.1. The Labute approximate surface area is 191 Å². The van der Waals surface area contributed by atoms with Crippen LogP contribution >= 0.6 is 0 Å². The Morgan fingerprint density at radius 3 is 1.91 bits per heavy atom. The Balaban J connectivity index is 1.46. The first-order valence-corrected chi connectivity index (χ1v) is 11.4. The van der Waals surface area contributed by atoms with Gasteiger partial charge in [0.15, 0.2) is 5.75 Å². The number of carbonyl (C=O) groups excluding carboxylic acids is 1. The smallest absolute Gasteiger partial charge is 0.339 e. The number of benzene rings is 4. The molecule has 0 atom stereocenters. The molecule has 0 unspecified atom stereocenters. The molecule has 33 heavy (non-hydrogen) atoms. The summed E-state index contributed by atoms with van der Waals surface area (Å²) in [7, 11) is -4.15. The van der Waals surface area contributed by atoms with Crippen molar-refractivity contribution in [3.05, 3.63) is 109 Å². The molecule has 8 heteroatoms. The maximum atomic E-state index is 12.8. The van der Waals surface area contributed by atoms with Crippen LogP contribution in [-0.4, -0.2) is 14.4 Å². The molecule has 0 spiro atoms. The van der Waals surface area contributed by atoms with Crippen LogP contribution in [-0.2, 0) is 10.1 Å². The highest BCUT2D eigenvalue weighted by molar-refractivity contribution is 7.87. The SMILES string of the molecule is O=C(Nc1ccccc1)Nc1ccccc1OS(=O)(=O)c1ccc(Oc2ccccc2)cc1. The van der Waals surface area contributed by atoms with Gasteiger partial charge in [-0.25, -0.2) is 4.79 Å². The molecule has 4 aromatic rings. The van der Waals surface area contributed by atoms with Crippen LogP contribution in [0.25, 0.3) is 0 Å². The van der Waals surface area contributed by atoms with E-state index in [1.165, 1.54) is 18.2 Å². The first-order valence-electron chi connectivity index (χ1n) is 9.99. The van der Waals surface area contributed by atoms with Gasteiger partial charge in [0, 0.05) is 5.69 Å². The summed E-state index contributed by atoms with van der Waals surface area (Å²) in [6.45, 7) is 0. The molecular weight excluding hydrogens is 440 g/mol. The number of carbonyl (C=O) groups is 1. The lowest BCUT2D eigenvalue weighted by Gasteiger charge is -2.13. The van der Waals surface area contributed by atoms with Gasteiger partial charge in [0.2, 0.25) is 0 Å². The summed E-state index contributed by atoms with van der Waals surface area (Å²) in [5.74, 6) is 1.11. The molecule has 0 aromatic heterocycles. The van der Waals surface area contributed by atoms with Gasteiger partial charge >= 0.3 is 16.1 Å². The topological polar surface area (TPSA) is 93.7 Å². The molecule has 2 amide bonds. The predicted molar refractivity (Wildman–Crippen MR) is 126 cm³/mol. The fraction of sp³-hybridized carbons (Fsp3) is 0. The molecule has 4 aromatic carbocycles. The van der Waals surface area contributed by atoms with Crippen LogP contribution in [0.2, 0.25) is 0 Å². The lowest BCUT2D eigenvalue weighted by atomic mass is 10.3. The molecule has 0 fully saturated rings. The lowest BCUT2D eigenvalue weighted by molar-refractivity contribution is 0.262. The number of urea groups is 1. The van der Waals surface area contributed by atoms with Gasteiger partial charge in [0.1, 0.15) is 16.4 Å². The minimum Gasteiger partial charge on any atom is -0.457 e. The van der Waals surface area contributed by atoms with Crippen LogP contribution in [0, 0.1) is 0 Å². The monoisotopic (exact) mass is 460 g/mol. The summed E-state index contributed by atoms with van der Waals surface area (Å²) in [5.41, 5.74) is 0.803. The Morgan fingerprint density at radius 1 is 0.636 bits per heavy atom. The summed E-state index contributed by atoms with van der Waals surface area (Å²) in [4.78, 5) is 12.3. The van der Waals surface area contributed by atoms with Gasteiger partial charge in [-0.05, 0) is 60.7 Å². The van der Waals surface area contributed by atoms with Crippen LogP contribution in [0.1, 0.15) is 0 Å². The molecule has 0 bridgehead atoms. The minimum absolute atomic E-state index is 0.00896. The average Bonchev–Trinajstić information content (AvgIpc) is 2.82. The summed E-state index contributed by atoms with van der Waals surface area (Å²) in [6, 6.07) is 29.6. The van der Waals surface area contributed by atoms with Gasteiger partial charge in [-0.3, -0.25) is 0 Å². The molecule has 0 radical (unpaired) electrons. The van der Waals surface area contributed by atoms with Crippen LogP contribution < -0.4 is 19.6 Å². The maximum Gasteiger partial charge on any atom is 0.339 e. The highest BCUT2D eigenvalue weighted by Gasteiger charge is 2.19. The second-order valence-corrected chi connectivity index (χ2v) is 8.41. The maximum absolute atomic E-state index is 12.8. The summed E-state index contributed by atoms with van der Waals surface area (Å²) in [5, 5.41) is 5.28. The van der Waals surface area contributed by atoms with Crippen LogP contribution in [0.5, 0.6) is 17.2 Å². The molecule has 0 heterocycles. The molecule has 0 saturated carbocycles. The van der Waals surface area contributed by atoms with Crippen molar-refractivity contribution in [2.45, 2.75) is 4.90 Å². The van der Waals surface area contributed by atoms with E-state index in [0.29, 0.717) is 17.2 Å². The zero-order valence-electron chi connectivity index (χ0n) is 17.3. The Hall–Kier alpha value is -4.30. The second kappa shape index (κ2) is 9.88. The third kappa shape index (κ3) is 5.90. The van der Waals surface area contributed by atoms with Gasteiger partial charge < -0.3 is 19.6 Å². The molecule has 0 saturated heterocycles.